The lowest BCUT2D eigenvalue weighted by atomic mass is 10.1. The summed E-state index contributed by atoms with van der Waals surface area (Å²) in [5.74, 6) is -0.316. The molecule has 2 heterocycles. The fraction of sp³-hybridized carbons (Fsp3) is 0.409. The van der Waals surface area contributed by atoms with Gasteiger partial charge < -0.3 is 15.0 Å². The molecule has 160 valence electrons. The normalized spacial score (nSPS) is 15.4. The van der Waals surface area contributed by atoms with Gasteiger partial charge in [0.1, 0.15) is 6.04 Å². The molecule has 0 aliphatic carbocycles. The molecule has 1 fully saturated rings. The van der Waals surface area contributed by atoms with E-state index in [2.05, 4.69) is 15.2 Å². The van der Waals surface area contributed by atoms with Crippen molar-refractivity contribution >= 4 is 29.1 Å². The molecule has 0 spiro atoms. The van der Waals surface area contributed by atoms with Gasteiger partial charge in [-0.05, 0) is 43.7 Å². The molecule has 2 aromatic rings. The van der Waals surface area contributed by atoms with E-state index in [1.165, 1.54) is 0 Å². The monoisotopic (exact) mass is 430 g/mol. The largest absolute Gasteiger partial charge is 0.379 e. The van der Waals surface area contributed by atoms with Gasteiger partial charge in [-0.1, -0.05) is 17.7 Å². The van der Waals surface area contributed by atoms with Crippen molar-refractivity contribution in [1.82, 2.24) is 14.8 Å². The number of hydrogen-bond acceptors (Lipinski definition) is 5. The molecule has 1 N–H and O–H groups in total. The first-order chi connectivity index (χ1) is 14.5. The van der Waals surface area contributed by atoms with Gasteiger partial charge in [-0.3, -0.25) is 19.5 Å². The third-order valence-corrected chi connectivity index (χ3v) is 5.51. The zero-order valence-corrected chi connectivity index (χ0v) is 18.1. The van der Waals surface area contributed by atoms with Crippen molar-refractivity contribution in [2.24, 2.45) is 0 Å². The Morgan fingerprint density at radius 3 is 2.60 bits per heavy atom. The Hall–Kier alpha value is -2.48. The molecule has 0 bridgehead atoms. The number of rotatable bonds is 7. The lowest BCUT2D eigenvalue weighted by Crippen LogP contribution is -2.44. The molecular formula is C22H27ClN4O3. The highest BCUT2D eigenvalue weighted by molar-refractivity contribution is 6.34. The quantitative estimate of drug-likeness (QED) is 0.729. The van der Waals surface area contributed by atoms with Gasteiger partial charge in [0.05, 0.1) is 23.9 Å². The summed E-state index contributed by atoms with van der Waals surface area (Å²) >= 11 is 6.34. The van der Waals surface area contributed by atoms with E-state index in [4.69, 9.17) is 16.3 Å². The number of carbonyl (C=O) groups is 2. The first-order valence-electron chi connectivity index (χ1n) is 10.2. The Kier molecular flexibility index (Phi) is 7.79. The smallest absolute Gasteiger partial charge is 0.253 e. The van der Waals surface area contributed by atoms with E-state index in [9.17, 15) is 9.59 Å². The highest BCUT2D eigenvalue weighted by Crippen LogP contribution is 2.28. The van der Waals surface area contributed by atoms with Crippen molar-refractivity contribution in [2.45, 2.75) is 19.9 Å². The number of nitrogens with zero attached hydrogens (tertiary/aromatic N) is 3. The fourth-order valence-electron chi connectivity index (χ4n) is 3.55. The fourth-order valence-corrected chi connectivity index (χ4v) is 3.71. The standard InChI is InChI=1S/C22H27ClN4O3/c1-3-26(4-2)22(29)16-7-8-18(23)19(14-16)25-21(28)20(17-6-5-9-24-15-17)27-10-12-30-13-11-27/h5-9,14-15,20H,3-4,10-13H2,1-2H3,(H,25,28). The van der Waals surface area contributed by atoms with Crippen LogP contribution in [0.5, 0.6) is 0 Å². The summed E-state index contributed by atoms with van der Waals surface area (Å²) in [7, 11) is 0. The third kappa shape index (κ3) is 5.16. The molecule has 1 unspecified atom stereocenters. The van der Waals surface area contributed by atoms with E-state index in [-0.39, 0.29) is 11.8 Å². The number of pyridine rings is 1. The molecule has 1 aliphatic heterocycles. The number of nitrogens with one attached hydrogen (secondary N) is 1. The van der Waals surface area contributed by atoms with Crippen molar-refractivity contribution in [3.8, 4) is 0 Å². The maximum absolute atomic E-state index is 13.3. The summed E-state index contributed by atoms with van der Waals surface area (Å²) in [5, 5.41) is 3.31. The maximum atomic E-state index is 13.3. The molecule has 3 rings (SSSR count). The van der Waals surface area contributed by atoms with Crippen LogP contribution >= 0.6 is 11.6 Å². The van der Waals surface area contributed by atoms with Crippen molar-refractivity contribution in [3.63, 3.8) is 0 Å². The van der Waals surface area contributed by atoms with Crippen LogP contribution in [0.1, 0.15) is 35.8 Å². The summed E-state index contributed by atoms with van der Waals surface area (Å²) in [6, 6.07) is 8.13. The van der Waals surface area contributed by atoms with Crippen LogP contribution < -0.4 is 5.32 Å². The summed E-state index contributed by atoms with van der Waals surface area (Å²) in [6.45, 7) is 7.50. The molecule has 30 heavy (non-hydrogen) atoms. The average Bonchev–Trinajstić information content (AvgIpc) is 2.77. The minimum Gasteiger partial charge on any atom is -0.379 e. The Balaban J connectivity index is 1.86. The molecule has 0 saturated carbocycles. The first-order valence-corrected chi connectivity index (χ1v) is 10.5. The van der Waals surface area contributed by atoms with E-state index in [1.54, 1.807) is 35.5 Å². The minimum atomic E-state index is -0.527. The van der Waals surface area contributed by atoms with Crippen molar-refractivity contribution < 1.29 is 14.3 Å². The molecule has 1 atom stereocenters. The second kappa shape index (κ2) is 10.5. The van der Waals surface area contributed by atoms with Gasteiger partial charge in [-0.15, -0.1) is 0 Å². The first kappa shape index (κ1) is 22.2. The molecule has 1 aromatic carbocycles. The number of benzene rings is 1. The summed E-state index contributed by atoms with van der Waals surface area (Å²) in [5.41, 5.74) is 1.70. The predicted octanol–water partition coefficient (Wildman–Crippen LogP) is 3.23. The number of halogens is 1. The second-order valence-corrected chi connectivity index (χ2v) is 7.41. The number of ether oxygens (including phenoxy) is 1. The van der Waals surface area contributed by atoms with Gasteiger partial charge in [-0.2, -0.15) is 0 Å². The lowest BCUT2D eigenvalue weighted by Gasteiger charge is -2.33. The van der Waals surface area contributed by atoms with Crippen LogP contribution in [-0.2, 0) is 9.53 Å². The number of carbonyl (C=O) groups excluding carboxylic acids is 2. The van der Waals surface area contributed by atoms with Gasteiger partial charge in [-0.25, -0.2) is 0 Å². The van der Waals surface area contributed by atoms with E-state index in [1.807, 2.05) is 26.0 Å². The molecule has 0 radical (unpaired) electrons. The molecular weight excluding hydrogens is 404 g/mol. The number of amides is 2. The molecule has 8 heteroatoms. The Labute approximate surface area is 182 Å². The molecule has 1 saturated heterocycles. The molecule has 2 amide bonds. The van der Waals surface area contributed by atoms with Gasteiger partial charge in [0.15, 0.2) is 0 Å². The SMILES string of the molecule is CCN(CC)C(=O)c1ccc(Cl)c(NC(=O)C(c2cccnc2)N2CCOCC2)c1. The zero-order valence-electron chi connectivity index (χ0n) is 17.3. The number of morpholine rings is 1. The molecule has 1 aliphatic rings. The summed E-state index contributed by atoms with van der Waals surface area (Å²) in [6.07, 6.45) is 3.37. The van der Waals surface area contributed by atoms with E-state index < -0.39 is 6.04 Å². The Morgan fingerprint density at radius 1 is 1.23 bits per heavy atom. The highest BCUT2D eigenvalue weighted by atomic mass is 35.5. The van der Waals surface area contributed by atoms with Gasteiger partial charge in [0.25, 0.3) is 5.91 Å². The Morgan fingerprint density at radius 2 is 1.97 bits per heavy atom. The number of anilines is 1. The van der Waals surface area contributed by atoms with Crippen LogP contribution in [-0.4, -0.2) is 66.0 Å². The van der Waals surface area contributed by atoms with Crippen LogP contribution in [0.4, 0.5) is 5.69 Å². The highest BCUT2D eigenvalue weighted by Gasteiger charge is 2.30. The van der Waals surface area contributed by atoms with Crippen molar-refractivity contribution in [1.29, 1.82) is 0 Å². The van der Waals surface area contributed by atoms with E-state index in [0.717, 1.165) is 5.56 Å². The van der Waals surface area contributed by atoms with E-state index in [0.29, 0.717) is 55.7 Å². The van der Waals surface area contributed by atoms with Crippen molar-refractivity contribution in [3.05, 3.63) is 58.9 Å². The third-order valence-electron chi connectivity index (χ3n) is 5.18. The summed E-state index contributed by atoms with van der Waals surface area (Å²) < 4.78 is 5.44. The van der Waals surface area contributed by atoms with Crippen molar-refractivity contribution in [2.75, 3.05) is 44.7 Å². The second-order valence-electron chi connectivity index (χ2n) is 7.00. The summed E-state index contributed by atoms with van der Waals surface area (Å²) in [4.78, 5) is 34.0. The van der Waals surface area contributed by atoms with Crippen LogP contribution in [0.2, 0.25) is 5.02 Å². The van der Waals surface area contributed by atoms with Crippen LogP contribution in [0.15, 0.2) is 42.7 Å². The lowest BCUT2D eigenvalue weighted by molar-refractivity contribution is -0.123. The van der Waals surface area contributed by atoms with E-state index >= 15 is 0 Å². The van der Waals surface area contributed by atoms with Crippen LogP contribution in [0.25, 0.3) is 0 Å². The number of hydrogen-bond donors (Lipinski definition) is 1. The molecule has 1 aromatic heterocycles. The zero-order chi connectivity index (χ0) is 21.5. The van der Waals surface area contributed by atoms with Gasteiger partial charge in [0.2, 0.25) is 5.91 Å². The van der Waals surface area contributed by atoms with Crippen LogP contribution in [0, 0.1) is 0 Å². The minimum absolute atomic E-state index is 0.0934. The topological polar surface area (TPSA) is 74.8 Å². The van der Waals surface area contributed by atoms with Gasteiger partial charge >= 0.3 is 0 Å². The number of aromatic nitrogens is 1. The van der Waals surface area contributed by atoms with Gasteiger partial charge in [0, 0.05) is 44.1 Å². The van der Waals surface area contributed by atoms with Crippen LogP contribution in [0.3, 0.4) is 0 Å². The molecule has 7 nitrogen and oxygen atoms in total. The Bertz CT molecular complexity index is 868. The maximum Gasteiger partial charge on any atom is 0.253 e. The average molecular weight is 431 g/mol. The predicted molar refractivity (Wildman–Crippen MR) is 117 cm³/mol.